The van der Waals surface area contributed by atoms with E-state index < -0.39 is 16.2 Å². The number of pyridine rings is 1. The Bertz CT molecular complexity index is 735. The first kappa shape index (κ1) is 16.7. The van der Waals surface area contributed by atoms with E-state index in [0.717, 1.165) is 12.2 Å². The SMILES string of the molecule is CCc1ccc(OCCCn2c(C)ccc([N+](=O)[O-])c2=O)cc1. The average molecular weight is 316 g/mol. The lowest BCUT2D eigenvalue weighted by molar-refractivity contribution is -0.386. The zero-order valence-electron chi connectivity index (χ0n) is 13.3. The van der Waals surface area contributed by atoms with Crippen molar-refractivity contribution in [2.75, 3.05) is 6.61 Å². The number of rotatable bonds is 7. The van der Waals surface area contributed by atoms with Crippen molar-refractivity contribution in [3.8, 4) is 5.75 Å². The standard InChI is InChI=1S/C17H20N2O4/c1-3-14-6-8-15(9-7-14)23-12-4-11-18-13(2)5-10-16(17(18)20)19(21)22/h5-10H,3-4,11-12H2,1-2H3. The molecule has 1 aromatic heterocycles. The second-order valence-electron chi connectivity index (χ2n) is 5.27. The summed E-state index contributed by atoms with van der Waals surface area (Å²) >= 11 is 0. The molecule has 0 atom stereocenters. The molecular formula is C17H20N2O4. The summed E-state index contributed by atoms with van der Waals surface area (Å²) in [6.45, 7) is 4.68. The van der Waals surface area contributed by atoms with Gasteiger partial charge in [0.2, 0.25) is 0 Å². The highest BCUT2D eigenvalue weighted by molar-refractivity contribution is 5.28. The summed E-state index contributed by atoms with van der Waals surface area (Å²) in [5.41, 5.74) is 0.984. The summed E-state index contributed by atoms with van der Waals surface area (Å²) in [4.78, 5) is 22.2. The van der Waals surface area contributed by atoms with Gasteiger partial charge >= 0.3 is 11.2 Å². The molecule has 0 aliphatic carbocycles. The fourth-order valence-electron chi connectivity index (χ4n) is 2.31. The van der Waals surface area contributed by atoms with Gasteiger partial charge in [-0.1, -0.05) is 19.1 Å². The quantitative estimate of drug-likeness (QED) is 0.447. The Labute approximate surface area is 134 Å². The molecule has 2 aromatic rings. The molecule has 1 heterocycles. The van der Waals surface area contributed by atoms with Gasteiger partial charge in [0, 0.05) is 18.3 Å². The normalized spacial score (nSPS) is 10.5. The Morgan fingerprint density at radius 2 is 1.87 bits per heavy atom. The van der Waals surface area contributed by atoms with Crippen LogP contribution in [0.15, 0.2) is 41.2 Å². The van der Waals surface area contributed by atoms with E-state index in [0.29, 0.717) is 25.3 Å². The molecule has 6 nitrogen and oxygen atoms in total. The van der Waals surface area contributed by atoms with Crippen LogP contribution in [0.2, 0.25) is 0 Å². The van der Waals surface area contributed by atoms with Gasteiger partial charge in [0.1, 0.15) is 5.75 Å². The van der Waals surface area contributed by atoms with E-state index in [4.69, 9.17) is 4.74 Å². The highest BCUT2D eigenvalue weighted by atomic mass is 16.6. The predicted octanol–water partition coefficient (Wildman–Crippen LogP) is 3.10. The van der Waals surface area contributed by atoms with Crippen molar-refractivity contribution in [3.05, 3.63) is 68.1 Å². The van der Waals surface area contributed by atoms with Crippen LogP contribution >= 0.6 is 0 Å². The largest absolute Gasteiger partial charge is 0.494 e. The monoisotopic (exact) mass is 316 g/mol. The highest BCUT2D eigenvalue weighted by Crippen LogP contribution is 2.13. The molecular weight excluding hydrogens is 296 g/mol. The Morgan fingerprint density at radius 1 is 1.17 bits per heavy atom. The number of hydrogen-bond acceptors (Lipinski definition) is 4. The van der Waals surface area contributed by atoms with Crippen LogP contribution in [-0.2, 0) is 13.0 Å². The molecule has 0 fully saturated rings. The van der Waals surface area contributed by atoms with Crippen molar-refractivity contribution in [2.24, 2.45) is 0 Å². The van der Waals surface area contributed by atoms with E-state index in [1.807, 2.05) is 24.3 Å². The maximum Gasteiger partial charge on any atom is 0.334 e. The summed E-state index contributed by atoms with van der Waals surface area (Å²) in [7, 11) is 0. The Morgan fingerprint density at radius 3 is 2.48 bits per heavy atom. The van der Waals surface area contributed by atoms with E-state index in [1.54, 1.807) is 13.0 Å². The van der Waals surface area contributed by atoms with Crippen LogP contribution in [0.4, 0.5) is 5.69 Å². The lowest BCUT2D eigenvalue weighted by Gasteiger charge is -2.10. The number of nitrogens with zero attached hydrogens (tertiary/aromatic N) is 2. The average Bonchev–Trinajstić information content (AvgIpc) is 2.54. The van der Waals surface area contributed by atoms with Crippen molar-refractivity contribution < 1.29 is 9.66 Å². The van der Waals surface area contributed by atoms with Crippen LogP contribution in [0.5, 0.6) is 5.75 Å². The summed E-state index contributed by atoms with van der Waals surface area (Å²) in [5.74, 6) is 0.783. The number of aryl methyl sites for hydroxylation is 2. The fraction of sp³-hybridized carbons (Fsp3) is 0.353. The minimum atomic E-state index is -0.649. The van der Waals surface area contributed by atoms with Crippen molar-refractivity contribution >= 4 is 5.69 Å². The Hall–Kier alpha value is -2.63. The molecule has 0 bridgehead atoms. The Balaban J connectivity index is 1.94. The first-order valence-electron chi connectivity index (χ1n) is 7.59. The molecule has 122 valence electrons. The molecule has 6 heteroatoms. The van der Waals surface area contributed by atoms with Gasteiger partial charge in [-0.25, -0.2) is 0 Å². The minimum absolute atomic E-state index is 0.388. The van der Waals surface area contributed by atoms with Crippen LogP contribution in [0, 0.1) is 17.0 Å². The molecule has 23 heavy (non-hydrogen) atoms. The van der Waals surface area contributed by atoms with E-state index in [1.165, 1.54) is 16.2 Å². The minimum Gasteiger partial charge on any atom is -0.494 e. The topological polar surface area (TPSA) is 74.4 Å². The van der Waals surface area contributed by atoms with Gasteiger partial charge in [-0.2, -0.15) is 0 Å². The van der Waals surface area contributed by atoms with Gasteiger partial charge in [-0.3, -0.25) is 14.9 Å². The van der Waals surface area contributed by atoms with Crippen molar-refractivity contribution in [2.45, 2.75) is 33.2 Å². The van der Waals surface area contributed by atoms with Gasteiger partial charge in [0.15, 0.2) is 0 Å². The van der Waals surface area contributed by atoms with Gasteiger partial charge < -0.3 is 9.30 Å². The molecule has 1 aromatic carbocycles. The predicted molar refractivity (Wildman–Crippen MR) is 88.0 cm³/mol. The summed E-state index contributed by atoms with van der Waals surface area (Å²) < 4.78 is 7.05. The van der Waals surface area contributed by atoms with Gasteiger partial charge in [-0.05, 0) is 43.5 Å². The molecule has 0 saturated heterocycles. The smallest absolute Gasteiger partial charge is 0.334 e. The highest BCUT2D eigenvalue weighted by Gasteiger charge is 2.15. The summed E-state index contributed by atoms with van der Waals surface area (Å²) in [5, 5.41) is 10.8. The zero-order chi connectivity index (χ0) is 16.8. The molecule has 0 unspecified atom stereocenters. The zero-order valence-corrected chi connectivity index (χ0v) is 13.3. The Kier molecular flexibility index (Phi) is 5.51. The maximum absolute atomic E-state index is 12.0. The third-order valence-corrected chi connectivity index (χ3v) is 3.70. The lowest BCUT2D eigenvalue weighted by atomic mass is 10.2. The van der Waals surface area contributed by atoms with Crippen LogP contribution in [0.1, 0.15) is 24.6 Å². The maximum atomic E-state index is 12.0. The van der Waals surface area contributed by atoms with E-state index >= 15 is 0 Å². The summed E-state index contributed by atoms with van der Waals surface area (Å²) in [6.07, 6.45) is 1.58. The molecule has 0 amide bonds. The lowest BCUT2D eigenvalue weighted by Crippen LogP contribution is -2.25. The molecule has 0 N–H and O–H groups in total. The van der Waals surface area contributed by atoms with Crippen molar-refractivity contribution in [1.29, 1.82) is 0 Å². The molecule has 0 saturated carbocycles. The van der Waals surface area contributed by atoms with E-state index in [-0.39, 0.29) is 0 Å². The third kappa shape index (κ3) is 4.18. The van der Waals surface area contributed by atoms with Gasteiger partial charge in [-0.15, -0.1) is 0 Å². The van der Waals surface area contributed by atoms with Gasteiger partial charge in [0.25, 0.3) is 0 Å². The third-order valence-electron chi connectivity index (χ3n) is 3.70. The van der Waals surface area contributed by atoms with Gasteiger partial charge in [0.05, 0.1) is 11.5 Å². The second-order valence-corrected chi connectivity index (χ2v) is 5.27. The van der Waals surface area contributed by atoms with Crippen molar-refractivity contribution in [1.82, 2.24) is 4.57 Å². The number of aromatic nitrogens is 1. The first-order chi connectivity index (χ1) is 11.0. The molecule has 0 aliphatic heterocycles. The molecule has 0 radical (unpaired) electrons. The van der Waals surface area contributed by atoms with Crippen molar-refractivity contribution in [3.63, 3.8) is 0 Å². The van der Waals surface area contributed by atoms with E-state index in [9.17, 15) is 14.9 Å². The number of hydrogen-bond donors (Lipinski definition) is 0. The van der Waals surface area contributed by atoms with Crippen LogP contribution in [0.25, 0.3) is 0 Å². The molecule has 0 aliphatic rings. The first-order valence-corrected chi connectivity index (χ1v) is 7.59. The molecule has 2 rings (SSSR count). The molecule has 0 spiro atoms. The van der Waals surface area contributed by atoms with Crippen LogP contribution < -0.4 is 10.3 Å². The van der Waals surface area contributed by atoms with E-state index in [2.05, 4.69) is 6.92 Å². The number of ether oxygens (including phenoxy) is 1. The fourth-order valence-corrected chi connectivity index (χ4v) is 2.31. The second kappa shape index (κ2) is 7.58. The summed E-state index contributed by atoms with van der Waals surface area (Å²) in [6, 6.07) is 10.7. The number of nitro groups is 1. The van der Waals surface area contributed by atoms with Crippen LogP contribution in [-0.4, -0.2) is 16.1 Å². The van der Waals surface area contributed by atoms with Crippen LogP contribution in [0.3, 0.4) is 0 Å². The number of benzene rings is 1.